The Morgan fingerprint density at radius 2 is 1.78 bits per heavy atom. The largest absolute Gasteiger partial charge is 0.494 e. The van der Waals surface area contributed by atoms with E-state index in [9.17, 15) is 14.4 Å². The highest BCUT2D eigenvalue weighted by Gasteiger charge is 2.36. The van der Waals surface area contributed by atoms with Gasteiger partial charge in [0, 0.05) is 23.5 Å². The van der Waals surface area contributed by atoms with Crippen molar-refractivity contribution in [1.82, 2.24) is 10.2 Å². The quantitative estimate of drug-likeness (QED) is 0.321. The van der Waals surface area contributed by atoms with Gasteiger partial charge in [0.1, 0.15) is 5.75 Å². The van der Waals surface area contributed by atoms with Crippen molar-refractivity contribution in [3.8, 4) is 5.75 Å². The van der Waals surface area contributed by atoms with Crippen LogP contribution in [-0.4, -0.2) is 43.1 Å². The predicted octanol–water partition coefficient (Wildman–Crippen LogP) is 5.43. The molecule has 0 spiro atoms. The van der Waals surface area contributed by atoms with Crippen molar-refractivity contribution in [3.63, 3.8) is 0 Å². The highest BCUT2D eigenvalue weighted by Crippen LogP contribution is 2.32. The average molecular weight is 494 g/mol. The van der Waals surface area contributed by atoms with Crippen LogP contribution >= 0.6 is 0 Å². The topological polar surface area (TPSA) is 97.0 Å². The average Bonchev–Trinajstić information content (AvgIpc) is 2.88. The molecule has 3 amide bonds. The van der Waals surface area contributed by atoms with Crippen LogP contribution in [-0.2, 0) is 9.53 Å². The number of rotatable bonds is 11. The second kappa shape index (κ2) is 12.8. The molecule has 0 fully saturated rings. The van der Waals surface area contributed by atoms with E-state index in [-0.39, 0.29) is 11.9 Å². The van der Waals surface area contributed by atoms with Crippen molar-refractivity contribution in [3.05, 3.63) is 70.9 Å². The summed E-state index contributed by atoms with van der Waals surface area (Å²) in [5, 5.41) is 5.82. The number of allylic oxidation sites excluding steroid dienone is 1. The van der Waals surface area contributed by atoms with Crippen molar-refractivity contribution in [2.75, 3.05) is 25.6 Å². The summed E-state index contributed by atoms with van der Waals surface area (Å²) in [4.78, 5) is 40.0. The van der Waals surface area contributed by atoms with E-state index in [1.54, 1.807) is 60.4 Å². The molecule has 2 N–H and O–H groups in total. The number of ether oxygens (including phenoxy) is 2. The molecule has 0 unspecified atom stereocenters. The number of carbonyl (C=O) groups excluding carboxylic acids is 3. The molecular weight excluding hydrogens is 458 g/mol. The summed E-state index contributed by atoms with van der Waals surface area (Å²) in [6.07, 6.45) is 3.77. The van der Waals surface area contributed by atoms with Gasteiger partial charge in [-0.15, -0.1) is 0 Å². The van der Waals surface area contributed by atoms with Crippen molar-refractivity contribution >= 4 is 23.6 Å². The minimum atomic E-state index is -0.695. The summed E-state index contributed by atoms with van der Waals surface area (Å²) < 4.78 is 10.7. The summed E-state index contributed by atoms with van der Waals surface area (Å²) in [6.45, 7) is 7.06. The van der Waals surface area contributed by atoms with E-state index < -0.39 is 12.0 Å². The maximum atomic E-state index is 12.9. The van der Waals surface area contributed by atoms with Gasteiger partial charge in [-0.2, -0.15) is 0 Å². The van der Waals surface area contributed by atoms with Crippen molar-refractivity contribution in [1.29, 1.82) is 0 Å². The summed E-state index contributed by atoms with van der Waals surface area (Å²) in [5.74, 6) is -0.0548. The monoisotopic (exact) mass is 493 g/mol. The van der Waals surface area contributed by atoms with Gasteiger partial charge >= 0.3 is 12.0 Å². The highest BCUT2D eigenvalue weighted by molar-refractivity contribution is 6.04. The lowest BCUT2D eigenvalue weighted by atomic mass is 9.94. The van der Waals surface area contributed by atoms with Gasteiger partial charge in [-0.25, -0.2) is 9.59 Å². The molecule has 8 nitrogen and oxygen atoms in total. The maximum absolute atomic E-state index is 12.9. The number of carbonyl (C=O) groups is 3. The maximum Gasteiger partial charge on any atom is 0.337 e. The van der Waals surface area contributed by atoms with Gasteiger partial charge in [-0.05, 0) is 61.7 Å². The van der Waals surface area contributed by atoms with Crippen LogP contribution in [0.4, 0.5) is 10.5 Å². The first-order valence-electron chi connectivity index (χ1n) is 12.4. The van der Waals surface area contributed by atoms with Gasteiger partial charge in [0.15, 0.2) is 0 Å². The van der Waals surface area contributed by atoms with E-state index in [2.05, 4.69) is 17.6 Å². The molecule has 0 saturated heterocycles. The summed E-state index contributed by atoms with van der Waals surface area (Å²) in [6, 6.07) is 13.1. The van der Waals surface area contributed by atoms with Crippen LogP contribution in [0.5, 0.6) is 5.75 Å². The minimum Gasteiger partial charge on any atom is -0.494 e. The number of nitrogens with zero attached hydrogens (tertiary/aromatic N) is 1. The fraction of sp³-hybridized carbons (Fsp3) is 0.393. The molecule has 2 aromatic carbocycles. The SMILES string of the molecule is CCCCOc1ccc(C(=O)Nc2cccc([C@H]3NC(=O)N(CCCC)C(C)=C3C(=O)OC)c2)cc1. The summed E-state index contributed by atoms with van der Waals surface area (Å²) in [7, 11) is 1.32. The number of nitrogens with one attached hydrogen (secondary N) is 2. The van der Waals surface area contributed by atoms with Crippen LogP contribution < -0.4 is 15.4 Å². The van der Waals surface area contributed by atoms with Crippen LogP contribution in [0.1, 0.15) is 68.4 Å². The molecule has 0 aliphatic carbocycles. The zero-order chi connectivity index (χ0) is 26.1. The van der Waals surface area contributed by atoms with Gasteiger partial charge in [-0.3, -0.25) is 9.69 Å². The minimum absolute atomic E-state index is 0.269. The number of esters is 1. The molecule has 0 saturated carbocycles. The molecule has 0 radical (unpaired) electrons. The molecule has 1 atom stereocenters. The van der Waals surface area contributed by atoms with E-state index in [0.29, 0.717) is 41.2 Å². The van der Waals surface area contributed by atoms with E-state index in [1.165, 1.54) is 7.11 Å². The number of benzene rings is 2. The fourth-order valence-corrected chi connectivity index (χ4v) is 4.03. The standard InChI is InChI=1S/C28H35N3O5/c1-5-7-16-31-19(3)24(27(33)35-4)25(30-28(31)34)21-10-9-11-22(18-21)29-26(32)20-12-14-23(15-13-20)36-17-8-6-2/h9-15,18,25H,5-8,16-17H2,1-4H3,(H,29,32)(H,30,34)/t25-/m1/s1. The van der Waals surface area contributed by atoms with Gasteiger partial charge < -0.3 is 20.1 Å². The molecular formula is C28H35N3O5. The lowest BCUT2D eigenvalue weighted by Gasteiger charge is -2.35. The molecule has 192 valence electrons. The Hall–Kier alpha value is -3.81. The number of methoxy groups -OCH3 is 1. The number of hydrogen-bond donors (Lipinski definition) is 2. The smallest absolute Gasteiger partial charge is 0.337 e. The normalized spacial score (nSPS) is 15.4. The van der Waals surface area contributed by atoms with Crippen molar-refractivity contribution < 1.29 is 23.9 Å². The van der Waals surface area contributed by atoms with E-state index in [0.717, 1.165) is 31.4 Å². The predicted molar refractivity (Wildman–Crippen MR) is 139 cm³/mol. The number of hydrogen-bond acceptors (Lipinski definition) is 5. The first-order chi connectivity index (χ1) is 17.4. The third-order valence-electron chi connectivity index (χ3n) is 6.10. The van der Waals surface area contributed by atoms with Gasteiger partial charge in [-0.1, -0.05) is 38.8 Å². The van der Waals surface area contributed by atoms with Crippen molar-refractivity contribution in [2.24, 2.45) is 0 Å². The molecule has 2 aromatic rings. The Morgan fingerprint density at radius 1 is 1.06 bits per heavy atom. The highest BCUT2D eigenvalue weighted by atomic mass is 16.5. The molecule has 1 aliphatic heterocycles. The number of amides is 3. The Kier molecular flexibility index (Phi) is 9.50. The molecule has 3 rings (SSSR count). The number of anilines is 1. The molecule has 36 heavy (non-hydrogen) atoms. The van der Waals surface area contributed by atoms with Gasteiger partial charge in [0.25, 0.3) is 5.91 Å². The summed E-state index contributed by atoms with van der Waals surface area (Å²) >= 11 is 0. The van der Waals surface area contributed by atoms with Gasteiger partial charge in [0.2, 0.25) is 0 Å². The van der Waals surface area contributed by atoms with E-state index in [4.69, 9.17) is 9.47 Å². The second-order valence-corrected chi connectivity index (χ2v) is 8.68. The molecule has 0 aromatic heterocycles. The van der Waals surface area contributed by atoms with E-state index >= 15 is 0 Å². The van der Waals surface area contributed by atoms with Crippen LogP contribution in [0.25, 0.3) is 0 Å². The number of urea groups is 1. The zero-order valence-corrected chi connectivity index (χ0v) is 21.4. The molecule has 8 heteroatoms. The third-order valence-corrected chi connectivity index (χ3v) is 6.10. The van der Waals surface area contributed by atoms with Gasteiger partial charge in [0.05, 0.1) is 25.3 Å². The second-order valence-electron chi connectivity index (χ2n) is 8.68. The van der Waals surface area contributed by atoms with E-state index in [1.807, 2.05) is 6.92 Å². The fourth-order valence-electron chi connectivity index (χ4n) is 4.03. The Balaban J connectivity index is 1.80. The Labute approximate surface area is 212 Å². The van der Waals surface area contributed by atoms with Crippen LogP contribution in [0.2, 0.25) is 0 Å². The molecule has 1 heterocycles. The third kappa shape index (κ3) is 6.44. The first-order valence-corrected chi connectivity index (χ1v) is 12.4. The Bertz CT molecular complexity index is 1110. The first kappa shape index (κ1) is 26.8. The summed E-state index contributed by atoms with van der Waals surface area (Å²) in [5.41, 5.74) is 2.64. The lowest BCUT2D eigenvalue weighted by molar-refractivity contribution is -0.136. The number of unbranched alkanes of at least 4 members (excludes halogenated alkanes) is 2. The molecule has 0 bridgehead atoms. The van der Waals surface area contributed by atoms with Crippen LogP contribution in [0.15, 0.2) is 59.8 Å². The zero-order valence-electron chi connectivity index (χ0n) is 21.4. The molecule has 1 aliphatic rings. The van der Waals surface area contributed by atoms with Crippen LogP contribution in [0.3, 0.4) is 0 Å². The van der Waals surface area contributed by atoms with Crippen LogP contribution in [0, 0.1) is 0 Å². The Morgan fingerprint density at radius 3 is 2.44 bits per heavy atom. The lowest BCUT2D eigenvalue weighted by Crippen LogP contribution is -2.48. The van der Waals surface area contributed by atoms with Crippen molar-refractivity contribution in [2.45, 2.75) is 52.5 Å².